The fraction of sp³-hybridized carbons (Fsp3) is 0.292. The molecule has 0 aliphatic carbocycles. The Balaban J connectivity index is 1.67. The SMILES string of the molecule is Cc1cc(/C=C(\C#N)C2=NN(c3ccccc3)[C@@H](N)[C@@H]2C#N)ccc1N1CCCC1. The number of hydrazone groups is 1. The van der Waals surface area contributed by atoms with E-state index in [-0.39, 0.29) is 0 Å². The number of anilines is 2. The maximum absolute atomic E-state index is 9.82. The fourth-order valence-corrected chi connectivity index (χ4v) is 4.13. The lowest BCUT2D eigenvalue weighted by Crippen LogP contribution is -2.40. The maximum Gasteiger partial charge on any atom is 0.127 e. The number of hydrogen-bond acceptors (Lipinski definition) is 6. The van der Waals surface area contributed by atoms with E-state index in [1.807, 2.05) is 36.4 Å². The van der Waals surface area contributed by atoms with Crippen LogP contribution in [-0.2, 0) is 0 Å². The highest BCUT2D eigenvalue weighted by Crippen LogP contribution is 2.30. The first-order valence-electron chi connectivity index (χ1n) is 10.2. The van der Waals surface area contributed by atoms with Gasteiger partial charge in [-0.25, -0.2) is 5.01 Å². The molecule has 1 saturated heterocycles. The van der Waals surface area contributed by atoms with Crippen LogP contribution in [0.3, 0.4) is 0 Å². The Hall–Kier alpha value is -3.61. The van der Waals surface area contributed by atoms with Gasteiger partial charge in [0.15, 0.2) is 0 Å². The number of nitriles is 2. The third kappa shape index (κ3) is 3.66. The number of para-hydroxylation sites is 1. The lowest BCUT2D eigenvalue weighted by molar-refractivity contribution is 0.624. The van der Waals surface area contributed by atoms with Crippen LogP contribution >= 0.6 is 0 Å². The number of allylic oxidation sites excluding steroid dienone is 1. The van der Waals surface area contributed by atoms with E-state index in [1.165, 1.54) is 24.1 Å². The van der Waals surface area contributed by atoms with Gasteiger partial charge in [0.05, 0.1) is 23.0 Å². The zero-order chi connectivity index (χ0) is 21.1. The van der Waals surface area contributed by atoms with Crippen LogP contribution in [0.1, 0.15) is 24.0 Å². The molecule has 2 atom stereocenters. The summed E-state index contributed by atoms with van der Waals surface area (Å²) in [6, 6.07) is 20.1. The minimum absolute atomic E-state index is 0.365. The van der Waals surface area contributed by atoms with Crippen molar-refractivity contribution < 1.29 is 0 Å². The number of nitrogens with two attached hydrogens (primary N) is 1. The van der Waals surface area contributed by atoms with Crippen LogP contribution in [0.5, 0.6) is 0 Å². The highest BCUT2D eigenvalue weighted by atomic mass is 15.5. The second-order valence-electron chi connectivity index (χ2n) is 7.67. The van der Waals surface area contributed by atoms with Crippen molar-refractivity contribution in [3.05, 3.63) is 65.2 Å². The number of hydrogen-bond donors (Lipinski definition) is 1. The van der Waals surface area contributed by atoms with Gasteiger partial charge in [0.2, 0.25) is 0 Å². The second kappa shape index (κ2) is 8.41. The molecule has 2 N–H and O–H groups in total. The summed E-state index contributed by atoms with van der Waals surface area (Å²) in [5, 5.41) is 25.7. The van der Waals surface area contributed by atoms with Gasteiger partial charge in [0.25, 0.3) is 0 Å². The van der Waals surface area contributed by atoms with Crippen molar-refractivity contribution in [3.8, 4) is 12.1 Å². The Morgan fingerprint density at radius 3 is 2.50 bits per heavy atom. The molecule has 2 aromatic carbocycles. The predicted octanol–water partition coefficient (Wildman–Crippen LogP) is 3.80. The number of nitrogens with zero attached hydrogens (tertiary/aromatic N) is 5. The van der Waals surface area contributed by atoms with Crippen LogP contribution in [-0.4, -0.2) is 25.0 Å². The molecule has 30 heavy (non-hydrogen) atoms. The maximum atomic E-state index is 9.82. The van der Waals surface area contributed by atoms with E-state index >= 15 is 0 Å². The first-order valence-corrected chi connectivity index (χ1v) is 10.2. The molecule has 4 rings (SSSR count). The van der Waals surface area contributed by atoms with E-state index in [4.69, 9.17) is 5.73 Å². The Labute approximate surface area is 177 Å². The summed E-state index contributed by atoms with van der Waals surface area (Å²) in [4.78, 5) is 2.40. The Bertz CT molecular complexity index is 1070. The van der Waals surface area contributed by atoms with E-state index in [0.29, 0.717) is 11.3 Å². The molecule has 2 aliphatic heterocycles. The molecule has 150 valence electrons. The van der Waals surface area contributed by atoms with Crippen LogP contribution in [0.15, 0.2) is 59.2 Å². The van der Waals surface area contributed by atoms with E-state index in [0.717, 1.165) is 24.3 Å². The Morgan fingerprint density at radius 1 is 1.13 bits per heavy atom. The fourth-order valence-electron chi connectivity index (χ4n) is 4.13. The Kier molecular flexibility index (Phi) is 5.52. The van der Waals surface area contributed by atoms with Gasteiger partial charge < -0.3 is 10.6 Å². The van der Waals surface area contributed by atoms with Crippen molar-refractivity contribution >= 4 is 23.2 Å². The van der Waals surface area contributed by atoms with Crippen molar-refractivity contribution in [1.29, 1.82) is 10.5 Å². The molecular formula is C24H24N6. The zero-order valence-electron chi connectivity index (χ0n) is 17.0. The zero-order valence-corrected chi connectivity index (χ0v) is 17.0. The van der Waals surface area contributed by atoms with E-state index in [2.05, 4.69) is 41.2 Å². The van der Waals surface area contributed by atoms with E-state index in [9.17, 15) is 10.5 Å². The predicted molar refractivity (Wildman–Crippen MR) is 120 cm³/mol. The number of aryl methyl sites for hydroxylation is 1. The molecule has 2 heterocycles. The van der Waals surface area contributed by atoms with Crippen LogP contribution in [0.25, 0.3) is 6.08 Å². The summed E-state index contributed by atoms with van der Waals surface area (Å²) in [5.74, 6) is -0.680. The van der Waals surface area contributed by atoms with Gasteiger partial charge in [0, 0.05) is 18.8 Å². The van der Waals surface area contributed by atoms with Gasteiger partial charge in [-0.15, -0.1) is 0 Å². The number of benzene rings is 2. The van der Waals surface area contributed by atoms with E-state index in [1.54, 1.807) is 11.1 Å². The summed E-state index contributed by atoms with van der Waals surface area (Å²) < 4.78 is 0. The lowest BCUT2D eigenvalue weighted by atomic mass is 9.95. The van der Waals surface area contributed by atoms with Gasteiger partial charge in [0.1, 0.15) is 18.2 Å². The summed E-state index contributed by atoms with van der Waals surface area (Å²) in [6.45, 7) is 4.27. The number of rotatable bonds is 4. The van der Waals surface area contributed by atoms with Crippen molar-refractivity contribution in [1.82, 2.24) is 0 Å². The average molecular weight is 396 g/mol. The molecule has 6 nitrogen and oxygen atoms in total. The second-order valence-corrected chi connectivity index (χ2v) is 7.67. The van der Waals surface area contributed by atoms with Crippen LogP contribution in [0, 0.1) is 35.5 Å². The van der Waals surface area contributed by atoms with Crippen molar-refractivity contribution in [3.63, 3.8) is 0 Å². The van der Waals surface area contributed by atoms with Crippen LogP contribution < -0.4 is 15.6 Å². The third-order valence-corrected chi connectivity index (χ3v) is 5.67. The molecule has 0 radical (unpaired) electrons. The Morgan fingerprint density at radius 2 is 1.87 bits per heavy atom. The third-order valence-electron chi connectivity index (χ3n) is 5.67. The van der Waals surface area contributed by atoms with Gasteiger partial charge in [-0.1, -0.05) is 24.3 Å². The molecule has 6 heteroatoms. The average Bonchev–Trinajstić information content (AvgIpc) is 3.41. The van der Waals surface area contributed by atoms with E-state index < -0.39 is 12.1 Å². The quantitative estimate of drug-likeness (QED) is 0.794. The topological polar surface area (TPSA) is 92.4 Å². The standard InChI is InChI=1S/C24H24N6/c1-17-13-18(9-10-22(17)29-11-5-6-12-29)14-19(15-25)23-21(16-26)24(27)30(28-23)20-7-3-2-4-8-20/h2-4,7-10,13-14,21,24H,5-6,11-12,27H2,1H3/b19-14+/t21-,24-/m1/s1. The first kappa shape index (κ1) is 19.7. The molecule has 2 aromatic rings. The van der Waals surface area contributed by atoms with Gasteiger partial charge >= 0.3 is 0 Å². The van der Waals surface area contributed by atoms with Crippen molar-refractivity contribution in [2.75, 3.05) is 23.0 Å². The largest absolute Gasteiger partial charge is 0.371 e. The normalized spacial score (nSPS) is 21.3. The lowest BCUT2D eigenvalue weighted by Gasteiger charge is -2.21. The summed E-state index contributed by atoms with van der Waals surface area (Å²) in [7, 11) is 0. The van der Waals surface area contributed by atoms with Crippen molar-refractivity contribution in [2.24, 2.45) is 16.8 Å². The minimum Gasteiger partial charge on any atom is -0.371 e. The summed E-state index contributed by atoms with van der Waals surface area (Å²) in [6.07, 6.45) is 3.62. The monoisotopic (exact) mass is 396 g/mol. The minimum atomic E-state index is -0.680. The highest BCUT2D eigenvalue weighted by Gasteiger charge is 2.37. The highest BCUT2D eigenvalue weighted by molar-refractivity contribution is 6.11. The molecule has 0 saturated carbocycles. The summed E-state index contributed by atoms with van der Waals surface area (Å²) in [5.41, 5.74) is 11.2. The molecule has 0 amide bonds. The van der Waals surface area contributed by atoms with Gasteiger partial charge in [-0.3, -0.25) is 0 Å². The first-order chi connectivity index (χ1) is 14.6. The van der Waals surface area contributed by atoms with Crippen LogP contribution in [0.2, 0.25) is 0 Å². The van der Waals surface area contributed by atoms with Crippen molar-refractivity contribution in [2.45, 2.75) is 25.9 Å². The molecule has 0 bridgehead atoms. The molecule has 1 fully saturated rings. The smallest absolute Gasteiger partial charge is 0.127 e. The molecule has 0 unspecified atom stereocenters. The molecule has 2 aliphatic rings. The van der Waals surface area contributed by atoms with Gasteiger partial charge in [-0.05, 0) is 61.2 Å². The van der Waals surface area contributed by atoms with Crippen LogP contribution in [0.4, 0.5) is 11.4 Å². The molecular weight excluding hydrogens is 372 g/mol. The molecule has 0 spiro atoms. The van der Waals surface area contributed by atoms with Gasteiger partial charge in [-0.2, -0.15) is 15.6 Å². The summed E-state index contributed by atoms with van der Waals surface area (Å²) >= 11 is 0. The molecule has 0 aromatic heterocycles.